The minimum atomic E-state index is -0.0708. The van der Waals surface area contributed by atoms with Gasteiger partial charge in [-0.1, -0.05) is 36.4 Å². The highest BCUT2D eigenvalue weighted by Crippen LogP contribution is 2.28. The predicted molar refractivity (Wildman–Crippen MR) is 118 cm³/mol. The minimum absolute atomic E-state index is 0.0708. The number of hydrazine groups is 1. The molecule has 4 rings (SSSR count). The molecular weight excluding hydrogens is 378 g/mol. The maximum Gasteiger partial charge on any atom is 0.251 e. The number of hydrogen-bond acceptors (Lipinski definition) is 6. The van der Waals surface area contributed by atoms with E-state index in [0.717, 1.165) is 50.6 Å². The summed E-state index contributed by atoms with van der Waals surface area (Å²) in [5.41, 5.74) is 9.27. The third kappa shape index (κ3) is 4.82. The van der Waals surface area contributed by atoms with Crippen LogP contribution in [0.2, 0.25) is 0 Å². The molecule has 7 nitrogen and oxygen atoms in total. The molecule has 160 valence electrons. The highest BCUT2D eigenvalue weighted by atomic mass is 16.5. The van der Waals surface area contributed by atoms with Gasteiger partial charge < -0.3 is 15.4 Å². The lowest BCUT2D eigenvalue weighted by Crippen LogP contribution is -2.48. The zero-order chi connectivity index (χ0) is 20.8. The SMILES string of the molecule is COc1cc(C(=O)NCC(c2ccccc2)N2CCNCC2)ccc1C1CNNC1. The van der Waals surface area contributed by atoms with Crippen LogP contribution in [0.5, 0.6) is 5.75 Å². The lowest BCUT2D eigenvalue weighted by Gasteiger charge is -2.35. The summed E-state index contributed by atoms with van der Waals surface area (Å²) in [5, 5.41) is 6.55. The van der Waals surface area contributed by atoms with Crippen LogP contribution in [0.25, 0.3) is 0 Å². The molecule has 0 spiro atoms. The summed E-state index contributed by atoms with van der Waals surface area (Å²) < 4.78 is 5.59. The van der Waals surface area contributed by atoms with Crippen LogP contribution in [0.4, 0.5) is 0 Å². The standard InChI is InChI=1S/C23H31N5O2/c1-30-22-13-18(7-8-20(22)19-14-26-27-15-19)23(29)25-16-21(17-5-3-2-4-6-17)28-11-9-24-10-12-28/h2-8,13,19,21,24,26-27H,9-12,14-16H2,1H3,(H,25,29). The second kappa shape index (κ2) is 10.0. The number of rotatable bonds is 7. The maximum atomic E-state index is 12.9. The Hall–Kier alpha value is -2.45. The van der Waals surface area contributed by atoms with Gasteiger partial charge in [0.1, 0.15) is 5.75 Å². The average molecular weight is 410 g/mol. The lowest BCUT2D eigenvalue weighted by molar-refractivity contribution is 0.0927. The van der Waals surface area contributed by atoms with Gasteiger partial charge in [-0.15, -0.1) is 0 Å². The molecule has 0 radical (unpaired) electrons. The number of hydrogen-bond donors (Lipinski definition) is 4. The molecule has 0 aliphatic carbocycles. The van der Waals surface area contributed by atoms with Crippen molar-refractivity contribution >= 4 is 5.91 Å². The van der Waals surface area contributed by atoms with E-state index in [1.54, 1.807) is 7.11 Å². The Kier molecular flexibility index (Phi) is 6.96. The second-order valence-electron chi connectivity index (χ2n) is 7.84. The number of nitrogens with zero attached hydrogens (tertiary/aromatic N) is 1. The van der Waals surface area contributed by atoms with Crippen molar-refractivity contribution in [2.24, 2.45) is 0 Å². The lowest BCUT2D eigenvalue weighted by atomic mass is 9.97. The van der Waals surface area contributed by atoms with Crippen LogP contribution in [-0.4, -0.2) is 63.7 Å². The van der Waals surface area contributed by atoms with Crippen LogP contribution in [0.1, 0.15) is 33.4 Å². The summed E-state index contributed by atoms with van der Waals surface area (Å²) in [6.07, 6.45) is 0. The molecule has 4 N–H and O–H groups in total. The maximum absolute atomic E-state index is 12.9. The molecule has 2 aromatic carbocycles. The zero-order valence-corrected chi connectivity index (χ0v) is 17.5. The van der Waals surface area contributed by atoms with Crippen molar-refractivity contribution in [1.82, 2.24) is 26.4 Å². The quantitative estimate of drug-likeness (QED) is 0.552. The number of amides is 1. The molecule has 7 heteroatoms. The molecule has 2 heterocycles. The van der Waals surface area contributed by atoms with Crippen molar-refractivity contribution in [2.75, 3.05) is 52.9 Å². The molecule has 1 unspecified atom stereocenters. The van der Waals surface area contributed by atoms with Gasteiger partial charge in [-0.05, 0) is 23.3 Å². The fourth-order valence-electron chi connectivity index (χ4n) is 4.29. The number of ether oxygens (including phenoxy) is 1. The third-order valence-corrected chi connectivity index (χ3v) is 5.99. The van der Waals surface area contributed by atoms with Gasteiger partial charge in [0.05, 0.1) is 13.2 Å². The van der Waals surface area contributed by atoms with Gasteiger partial charge in [0.15, 0.2) is 0 Å². The topological polar surface area (TPSA) is 77.7 Å². The van der Waals surface area contributed by atoms with Crippen LogP contribution in [0.3, 0.4) is 0 Å². The first kappa shape index (κ1) is 20.8. The molecule has 0 bridgehead atoms. The Balaban J connectivity index is 1.46. The molecule has 2 aliphatic rings. The van der Waals surface area contributed by atoms with Gasteiger partial charge in [0.2, 0.25) is 0 Å². The van der Waals surface area contributed by atoms with Crippen LogP contribution in [-0.2, 0) is 0 Å². The smallest absolute Gasteiger partial charge is 0.251 e. The first-order chi connectivity index (χ1) is 14.8. The van der Waals surface area contributed by atoms with E-state index in [9.17, 15) is 4.79 Å². The van der Waals surface area contributed by atoms with Crippen molar-refractivity contribution in [2.45, 2.75) is 12.0 Å². The normalized spacial score (nSPS) is 18.8. The fourth-order valence-corrected chi connectivity index (χ4v) is 4.29. The number of piperazine rings is 1. The van der Waals surface area contributed by atoms with Crippen molar-refractivity contribution in [1.29, 1.82) is 0 Å². The Morgan fingerprint density at radius 2 is 1.87 bits per heavy atom. The van der Waals surface area contributed by atoms with Crippen molar-refractivity contribution in [3.05, 3.63) is 65.2 Å². The summed E-state index contributed by atoms with van der Waals surface area (Å²) in [7, 11) is 1.66. The molecule has 0 aromatic heterocycles. The average Bonchev–Trinajstić information content (AvgIpc) is 3.35. The van der Waals surface area contributed by atoms with Crippen LogP contribution in [0.15, 0.2) is 48.5 Å². The van der Waals surface area contributed by atoms with Gasteiger partial charge in [-0.3, -0.25) is 20.5 Å². The Morgan fingerprint density at radius 1 is 1.13 bits per heavy atom. The zero-order valence-electron chi connectivity index (χ0n) is 17.5. The van der Waals surface area contributed by atoms with E-state index in [4.69, 9.17) is 4.74 Å². The number of carbonyl (C=O) groups excluding carboxylic acids is 1. The highest BCUT2D eigenvalue weighted by molar-refractivity contribution is 5.94. The van der Waals surface area contributed by atoms with Crippen LogP contribution < -0.4 is 26.2 Å². The number of nitrogens with one attached hydrogen (secondary N) is 4. The highest BCUT2D eigenvalue weighted by Gasteiger charge is 2.24. The number of methoxy groups -OCH3 is 1. The molecule has 2 aliphatic heterocycles. The second-order valence-corrected chi connectivity index (χ2v) is 7.84. The van der Waals surface area contributed by atoms with Crippen molar-refractivity contribution in [3.63, 3.8) is 0 Å². The monoisotopic (exact) mass is 409 g/mol. The van der Waals surface area contributed by atoms with Crippen molar-refractivity contribution < 1.29 is 9.53 Å². The van der Waals surface area contributed by atoms with Crippen LogP contribution in [0, 0.1) is 0 Å². The summed E-state index contributed by atoms with van der Waals surface area (Å²) in [6, 6.07) is 16.3. The number of benzene rings is 2. The molecule has 2 fully saturated rings. The van der Waals surface area contributed by atoms with Gasteiger partial charge in [-0.25, -0.2) is 0 Å². The van der Waals surface area contributed by atoms with Gasteiger partial charge in [0.25, 0.3) is 5.91 Å². The summed E-state index contributed by atoms with van der Waals surface area (Å²) in [5.74, 6) is 1.03. The van der Waals surface area contributed by atoms with E-state index in [-0.39, 0.29) is 11.9 Å². The molecule has 1 amide bonds. The van der Waals surface area contributed by atoms with Gasteiger partial charge in [0, 0.05) is 57.3 Å². The van der Waals surface area contributed by atoms with E-state index in [0.29, 0.717) is 18.0 Å². The van der Waals surface area contributed by atoms with Gasteiger partial charge >= 0.3 is 0 Å². The summed E-state index contributed by atoms with van der Waals surface area (Å²) >= 11 is 0. The van der Waals surface area contributed by atoms with Crippen molar-refractivity contribution in [3.8, 4) is 5.75 Å². The first-order valence-electron chi connectivity index (χ1n) is 10.7. The third-order valence-electron chi connectivity index (χ3n) is 5.99. The first-order valence-corrected chi connectivity index (χ1v) is 10.7. The Bertz CT molecular complexity index is 833. The van der Waals surface area contributed by atoms with E-state index >= 15 is 0 Å². The predicted octanol–water partition coefficient (Wildman–Crippen LogP) is 1.26. The molecule has 2 saturated heterocycles. The van der Waals surface area contributed by atoms with E-state index < -0.39 is 0 Å². The van der Waals surface area contributed by atoms with Crippen LogP contribution >= 0.6 is 0 Å². The minimum Gasteiger partial charge on any atom is -0.496 e. The largest absolute Gasteiger partial charge is 0.496 e. The van der Waals surface area contributed by atoms with E-state index in [1.807, 2.05) is 24.3 Å². The summed E-state index contributed by atoms with van der Waals surface area (Å²) in [6.45, 7) is 6.17. The Labute approximate surface area is 178 Å². The number of carbonyl (C=O) groups is 1. The molecular formula is C23H31N5O2. The molecule has 0 saturated carbocycles. The van der Waals surface area contributed by atoms with E-state index in [1.165, 1.54) is 5.56 Å². The van der Waals surface area contributed by atoms with E-state index in [2.05, 4.69) is 50.7 Å². The Morgan fingerprint density at radius 3 is 2.57 bits per heavy atom. The molecule has 30 heavy (non-hydrogen) atoms. The summed E-state index contributed by atoms with van der Waals surface area (Å²) in [4.78, 5) is 15.4. The fraction of sp³-hybridized carbons (Fsp3) is 0.435. The molecule has 2 aromatic rings. The molecule has 1 atom stereocenters. The van der Waals surface area contributed by atoms with Gasteiger partial charge in [-0.2, -0.15) is 0 Å².